The summed E-state index contributed by atoms with van der Waals surface area (Å²) in [4.78, 5) is 2.32. The van der Waals surface area contributed by atoms with E-state index in [1.807, 2.05) is 13.8 Å². The lowest BCUT2D eigenvalue weighted by atomic mass is 9.73. The second-order valence-corrected chi connectivity index (χ2v) is 9.04. The Labute approximate surface area is 137 Å². The molecule has 0 spiro atoms. The lowest BCUT2D eigenvalue weighted by Crippen LogP contribution is -2.48. The largest absolute Gasteiger partial charge is 0.396 e. The van der Waals surface area contributed by atoms with Crippen molar-refractivity contribution < 1.29 is 18.0 Å². The number of piperidine rings is 1. The second-order valence-electron chi connectivity index (χ2n) is 7.06. The summed E-state index contributed by atoms with van der Waals surface area (Å²) < 4.78 is 30.5. The highest BCUT2D eigenvalue weighted by atomic mass is 32.2. The normalized spacial score (nSPS) is 29.8. The topological polar surface area (TPSA) is 86.9 Å². The standard InChI is InChI=1S/C15H25N3O4S/c1-11-14(12(2)22-16-11)8-17-5-4-15(10-19)9-18(23(3,20)21)7-13(15)6-17/h13,19H,4-10H2,1-3H3/t13-,15+/m1/s1. The quantitative estimate of drug-likeness (QED) is 0.850. The first-order valence-corrected chi connectivity index (χ1v) is 9.80. The zero-order valence-corrected chi connectivity index (χ0v) is 14.8. The number of aromatic nitrogens is 1. The van der Waals surface area contributed by atoms with Crippen LogP contribution in [0, 0.1) is 25.2 Å². The summed E-state index contributed by atoms with van der Waals surface area (Å²) in [6.07, 6.45) is 2.06. The molecule has 0 saturated carbocycles. The zero-order valence-electron chi connectivity index (χ0n) is 13.9. The molecule has 0 bridgehead atoms. The second kappa shape index (κ2) is 5.84. The molecule has 3 rings (SSSR count). The molecule has 8 heteroatoms. The third-order valence-corrected chi connectivity index (χ3v) is 6.75. The average Bonchev–Trinajstić information content (AvgIpc) is 3.02. The van der Waals surface area contributed by atoms with Crippen molar-refractivity contribution in [3.05, 3.63) is 17.0 Å². The van der Waals surface area contributed by atoms with Gasteiger partial charge in [-0.25, -0.2) is 12.7 Å². The number of aliphatic hydroxyl groups is 1. The molecule has 1 aromatic heterocycles. The maximum absolute atomic E-state index is 11.9. The smallest absolute Gasteiger partial charge is 0.211 e. The molecule has 0 aliphatic carbocycles. The van der Waals surface area contributed by atoms with E-state index in [-0.39, 0.29) is 17.9 Å². The maximum atomic E-state index is 11.9. The molecule has 130 valence electrons. The van der Waals surface area contributed by atoms with E-state index in [1.165, 1.54) is 10.6 Å². The van der Waals surface area contributed by atoms with Crippen LogP contribution in [0.15, 0.2) is 4.52 Å². The van der Waals surface area contributed by atoms with Gasteiger partial charge in [-0.15, -0.1) is 0 Å². The summed E-state index contributed by atoms with van der Waals surface area (Å²) >= 11 is 0. The average molecular weight is 343 g/mol. The van der Waals surface area contributed by atoms with Crippen LogP contribution in [-0.4, -0.2) is 66.9 Å². The minimum Gasteiger partial charge on any atom is -0.396 e. The fourth-order valence-electron chi connectivity index (χ4n) is 3.91. The SMILES string of the molecule is Cc1noc(C)c1CN1CC[C@@]2(CO)CN(S(C)(=O)=O)C[C@H]2C1. The molecule has 0 unspecified atom stereocenters. The van der Waals surface area contributed by atoms with Gasteiger partial charge in [0, 0.05) is 37.2 Å². The van der Waals surface area contributed by atoms with Gasteiger partial charge in [0.25, 0.3) is 0 Å². The molecule has 2 aliphatic heterocycles. The summed E-state index contributed by atoms with van der Waals surface area (Å²) in [7, 11) is -3.21. The van der Waals surface area contributed by atoms with Gasteiger partial charge in [-0.2, -0.15) is 0 Å². The van der Waals surface area contributed by atoms with Gasteiger partial charge in [0.15, 0.2) is 0 Å². The number of rotatable bonds is 4. The summed E-state index contributed by atoms with van der Waals surface area (Å²) in [5.41, 5.74) is 1.73. The van der Waals surface area contributed by atoms with Gasteiger partial charge in [-0.1, -0.05) is 5.16 Å². The number of fused-ring (bicyclic) bond motifs is 1. The minimum atomic E-state index is -3.21. The van der Waals surface area contributed by atoms with Crippen molar-refractivity contribution >= 4 is 10.0 Å². The first kappa shape index (κ1) is 16.9. The number of likely N-dealkylation sites (tertiary alicyclic amines) is 1. The lowest BCUT2D eigenvalue weighted by molar-refractivity contribution is 0.0168. The van der Waals surface area contributed by atoms with E-state index < -0.39 is 10.0 Å². The van der Waals surface area contributed by atoms with Gasteiger partial charge in [0.05, 0.1) is 18.6 Å². The monoisotopic (exact) mass is 343 g/mol. The van der Waals surface area contributed by atoms with Gasteiger partial charge < -0.3 is 9.63 Å². The molecule has 1 N–H and O–H groups in total. The zero-order chi connectivity index (χ0) is 16.8. The van der Waals surface area contributed by atoms with Gasteiger partial charge in [0.1, 0.15) is 5.76 Å². The predicted octanol–water partition coefficient (Wildman–Crippen LogP) is 0.367. The summed E-state index contributed by atoms with van der Waals surface area (Å²) in [5, 5.41) is 13.9. The van der Waals surface area contributed by atoms with E-state index in [9.17, 15) is 13.5 Å². The number of sulfonamides is 1. The van der Waals surface area contributed by atoms with Crippen molar-refractivity contribution in [1.29, 1.82) is 0 Å². The molecule has 7 nitrogen and oxygen atoms in total. The molecule has 0 aromatic carbocycles. The van der Waals surface area contributed by atoms with Crippen LogP contribution < -0.4 is 0 Å². The lowest BCUT2D eigenvalue weighted by Gasteiger charge is -2.42. The fourth-order valence-corrected chi connectivity index (χ4v) is 4.85. The number of aliphatic hydroxyl groups excluding tert-OH is 1. The molecular weight excluding hydrogens is 318 g/mol. The van der Waals surface area contributed by atoms with Crippen molar-refractivity contribution in [3.63, 3.8) is 0 Å². The Hall–Kier alpha value is -0.960. The Bertz CT molecular complexity index is 667. The maximum Gasteiger partial charge on any atom is 0.211 e. The van der Waals surface area contributed by atoms with Gasteiger partial charge in [-0.05, 0) is 32.7 Å². The van der Waals surface area contributed by atoms with Crippen molar-refractivity contribution in [3.8, 4) is 0 Å². The Morgan fingerprint density at radius 2 is 2.13 bits per heavy atom. The summed E-state index contributed by atoms with van der Waals surface area (Å²) in [6.45, 7) is 7.23. The fraction of sp³-hybridized carbons (Fsp3) is 0.800. The number of aryl methyl sites for hydroxylation is 2. The van der Waals surface area contributed by atoms with Gasteiger partial charge in [0.2, 0.25) is 10.0 Å². The van der Waals surface area contributed by atoms with E-state index in [0.717, 1.165) is 43.1 Å². The van der Waals surface area contributed by atoms with Crippen LogP contribution >= 0.6 is 0 Å². The van der Waals surface area contributed by atoms with Crippen LogP contribution in [0.5, 0.6) is 0 Å². The molecule has 0 amide bonds. The molecule has 2 aliphatic rings. The number of hydrogen-bond acceptors (Lipinski definition) is 6. The minimum absolute atomic E-state index is 0.0445. The molecule has 0 radical (unpaired) electrons. The highest BCUT2D eigenvalue weighted by Gasteiger charge is 2.51. The highest BCUT2D eigenvalue weighted by Crippen LogP contribution is 2.43. The number of nitrogens with zero attached hydrogens (tertiary/aromatic N) is 3. The van der Waals surface area contributed by atoms with Crippen LogP contribution in [0.2, 0.25) is 0 Å². The molecule has 1 aromatic rings. The van der Waals surface area contributed by atoms with E-state index in [4.69, 9.17) is 4.52 Å². The molecule has 2 fully saturated rings. The third kappa shape index (κ3) is 3.05. The Morgan fingerprint density at radius 1 is 1.39 bits per heavy atom. The third-order valence-electron chi connectivity index (χ3n) is 5.53. The van der Waals surface area contributed by atoms with E-state index in [1.54, 1.807) is 0 Å². The predicted molar refractivity (Wildman–Crippen MR) is 85.3 cm³/mol. The summed E-state index contributed by atoms with van der Waals surface area (Å²) in [6, 6.07) is 0. The van der Waals surface area contributed by atoms with Crippen LogP contribution in [0.1, 0.15) is 23.4 Å². The van der Waals surface area contributed by atoms with Crippen LogP contribution in [-0.2, 0) is 16.6 Å². The number of hydrogen-bond donors (Lipinski definition) is 1. The molecular formula is C15H25N3O4S. The van der Waals surface area contributed by atoms with Gasteiger partial charge in [-0.3, -0.25) is 4.90 Å². The van der Waals surface area contributed by atoms with E-state index in [2.05, 4.69) is 10.1 Å². The van der Waals surface area contributed by atoms with Crippen molar-refractivity contribution in [2.45, 2.75) is 26.8 Å². The van der Waals surface area contributed by atoms with E-state index >= 15 is 0 Å². The van der Waals surface area contributed by atoms with E-state index in [0.29, 0.717) is 13.1 Å². The van der Waals surface area contributed by atoms with Crippen molar-refractivity contribution in [1.82, 2.24) is 14.4 Å². The Kier molecular flexibility index (Phi) is 4.29. The van der Waals surface area contributed by atoms with Crippen LogP contribution in [0.25, 0.3) is 0 Å². The first-order valence-electron chi connectivity index (χ1n) is 7.95. The highest BCUT2D eigenvalue weighted by molar-refractivity contribution is 7.88. The van der Waals surface area contributed by atoms with Crippen molar-refractivity contribution in [2.75, 3.05) is 39.0 Å². The Balaban J connectivity index is 1.75. The van der Waals surface area contributed by atoms with Crippen LogP contribution in [0.3, 0.4) is 0 Å². The van der Waals surface area contributed by atoms with Gasteiger partial charge >= 0.3 is 0 Å². The summed E-state index contributed by atoms with van der Waals surface area (Å²) in [5.74, 6) is 1.00. The van der Waals surface area contributed by atoms with Crippen LogP contribution in [0.4, 0.5) is 0 Å². The molecule has 2 atom stereocenters. The first-order chi connectivity index (χ1) is 10.7. The molecule has 3 heterocycles. The van der Waals surface area contributed by atoms with Crippen molar-refractivity contribution in [2.24, 2.45) is 11.3 Å². The molecule has 2 saturated heterocycles. The molecule has 23 heavy (non-hydrogen) atoms. The Morgan fingerprint density at radius 3 is 2.70 bits per heavy atom.